The smallest absolute Gasteiger partial charge is 0.202 e. The summed E-state index contributed by atoms with van der Waals surface area (Å²) in [4.78, 5) is 4.53. The van der Waals surface area contributed by atoms with Gasteiger partial charge in [0, 0.05) is 5.70 Å². The molecule has 2 N–H and O–H groups in total. The van der Waals surface area contributed by atoms with Crippen molar-refractivity contribution in [2.75, 3.05) is 5.43 Å². The van der Waals surface area contributed by atoms with E-state index >= 15 is 0 Å². The number of nitrogens with zero attached hydrogens (tertiary/aromatic N) is 1. The van der Waals surface area contributed by atoms with E-state index in [4.69, 9.17) is 0 Å². The number of benzene rings is 1. The quantitative estimate of drug-likeness (QED) is 0.820. The van der Waals surface area contributed by atoms with Gasteiger partial charge in [-0.25, -0.2) is 4.98 Å². The molecule has 1 aromatic carbocycles. The fourth-order valence-electron chi connectivity index (χ4n) is 2.29. The van der Waals surface area contributed by atoms with E-state index < -0.39 is 0 Å². The van der Waals surface area contributed by atoms with Gasteiger partial charge in [-0.05, 0) is 37.3 Å². The fourth-order valence-corrected chi connectivity index (χ4v) is 3.11. The highest BCUT2D eigenvalue weighted by molar-refractivity contribution is 7.22. The molecular weight excluding hydrogens is 242 g/mol. The Balaban J connectivity index is 1.69. The number of allylic oxidation sites excluding steroid dienone is 2. The minimum atomic E-state index is 0.679. The van der Waals surface area contributed by atoms with E-state index in [2.05, 4.69) is 34.9 Å². The molecule has 4 heteroatoms. The summed E-state index contributed by atoms with van der Waals surface area (Å²) in [5.74, 6) is 0.679. The van der Waals surface area contributed by atoms with E-state index in [0.717, 1.165) is 17.1 Å². The molecule has 1 aliphatic rings. The Hall–Kier alpha value is -1.55. The first kappa shape index (κ1) is 11.5. The molecule has 0 fully saturated rings. The maximum atomic E-state index is 4.53. The van der Waals surface area contributed by atoms with E-state index in [-0.39, 0.29) is 0 Å². The van der Waals surface area contributed by atoms with Gasteiger partial charge in [0.1, 0.15) is 0 Å². The summed E-state index contributed by atoms with van der Waals surface area (Å²) in [6, 6.07) is 8.20. The second kappa shape index (κ2) is 4.98. The average Bonchev–Trinajstić information content (AvgIpc) is 2.79. The molecule has 0 saturated heterocycles. The van der Waals surface area contributed by atoms with Crippen LogP contribution < -0.4 is 10.9 Å². The number of thiazole rings is 1. The molecule has 0 aliphatic heterocycles. The summed E-state index contributed by atoms with van der Waals surface area (Å²) >= 11 is 1.67. The van der Waals surface area contributed by atoms with Crippen LogP contribution in [0.2, 0.25) is 0 Å². The molecule has 0 saturated carbocycles. The molecule has 3 rings (SSSR count). The molecule has 1 heterocycles. The van der Waals surface area contributed by atoms with E-state index in [0.29, 0.717) is 5.92 Å². The fraction of sp³-hybridized carbons (Fsp3) is 0.357. The molecule has 1 aromatic heterocycles. The van der Waals surface area contributed by atoms with Crippen LogP contribution in [0, 0.1) is 5.92 Å². The van der Waals surface area contributed by atoms with Crippen LogP contribution in [-0.2, 0) is 0 Å². The molecule has 0 unspecified atom stereocenters. The summed E-state index contributed by atoms with van der Waals surface area (Å²) in [6.07, 6.45) is 6.00. The average molecular weight is 259 g/mol. The number of fused-ring (bicyclic) bond motifs is 1. The largest absolute Gasteiger partial charge is 0.303 e. The van der Waals surface area contributed by atoms with Gasteiger partial charge in [0.05, 0.1) is 10.2 Å². The third kappa shape index (κ3) is 2.48. The van der Waals surface area contributed by atoms with Crippen molar-refractivity contribution in [3.05, 3.63) is 36.0 Å². The lowest BCUT2D eigenvalue weighted by Crippen LogP contribution is -2.23. The number of aromatic nitrogens is 1. The molecule has 1 atom stereocenters. The van der Waals surface area contributed by atoms with Gasteiger partial charge in [0.15, 0.2) is 0 Å². The first-order chi connectivity index (χ1) is 8.81. The lowest BCUT2D eigenvalue weighted by molar-refractivity contribution is 0.551. The van der Waals surface area contributed by atoms with Crippen LogP contribution >= 0.6 is 11.3 Å². The van der Waals surface area contributed by atoms with Crippen molar-refractivity contribution < 1.29 is 0 Å². The summed E-state index contributed by atoms with van der Waals surface area (Å²) in [5.41, 5.74) is 8.84. The number of hydrogen-bond acceptors (Lipinski definition) is 4. The van der Waals surface area contributed by atoms with Crippen molar-refractivity contribution in [1.29, 1.82) is 0 Å². The van der Waals surface area contributed by atoms with Crippen molar-refractivity contribution in [2.24, 2.45) is 5.92 Å². The summed E-state index contributed by atoms with van der Waals surface area (Å²) in [6.45, 7) is 2.26. The Morgan fingerprint density at radius 3 is 3.00 bits per heavy atom. The summed E-state index contributed by atoms with van der Waals surface area (Å²) < 4.78 is 1.22. The first-order valence-electron chi connectivity index (χ1n) is 6.39. The molecule has 1 aliphatic carbocycles. The molecule has 2 aromatic rings. The molecule has 0 bridgehead atoms. The number of hydrogen-bond donors (Lipinski definition) is 2. The van der Waals surface area contributed by atoms with E-state index in [1.165, 1.54) is 23.2 Å². The second-order valence-electron chi connectivity index (χ2n) is 4.80. The highest BCUT2D eigenvalue weighted by Crippen LogP contribution is 2.25. The maximum Gasteiger partial charge on any atom is 0.202 e. The molecule has 0 amide bonds. The van der Waals surface area contributed by atoms with Gasteiger partial charge in [-0.15, -0.1) is 0 Å². The minimum Gasteiger partial charge on any atom is -0.303 e. The van der Waals surface area contributed by atoms with Gasteiger partial charge in [-0.1, -0.05) is 36.5 Å². The van der Waals surface area contributed by atoms with Gasteiger partial charge >= 0.3 is 0 Å². The predicted molar refractivity (Wildman–Crippen MR) is 77.5 cm³/mol. The summed E-state index contributed by atoms with van der Waals surface area (Å²) in [5, 5.41) is 0.926. The standard InChI is InChI=1S/C14H17N3S/c1-10-5-4-6-11(9-10)16-17-14-15-12-7-2-3-8-13(12)18-14/h2-3,7-10,16H,4-6H2,1H3,(H,15,17)/t10-/m1/s1. The van der Waals surface area contributed by atoms with Crippen LogP contribution in [0.4, 0.5) is 5.13 Å². The lowest BCUT2D eigenvalue weighted by atomic mass is 9.96. The van der Waals surface area contributed by atoms with Gasteiger partial charge in [-0.2, -0.15) is 0 Å². The molecule has 18 heavy (non-hydrogen) atoms. The van der Waals surface area contributed by atoms with Crippen LogP contribution in [0.5, 0.6) is 0 Å². The number of hydrazine groups is 1. The lowest BCUT2D eigenvalue weighted by Gasteiger charge is -2.19. The zero-order chi connectivity index (χ0) is 12.4. The van der Waals surface area contributed by atoms with Gasteiger partial charge in [0.2, 0.25) is 5.13 Å². The van der Waals surface area contributed by atoms with Crippen molar-refractivity contribution in [1.82, 2.24) is 10.4 Å². The van der Waals surface area contributed by atoms with E-state index in [1.807, 2.05) is 18.2 Å². The topological polar surface area (TPSA) is 37.0 Å². The van der Waals surface area contributed by atoms with Crippen molar-refractivity contribution >= 4 is 26.7 Å². The van der Waals surface area contributed by atoms with Gasteiger partial charge < -0.3 is 5.43 Å². The highest BCUT2D eigenvalue weighted by Gasteiger charge is 2.09. The Bertz CT molecular complexity index is 540. The minimum absolute atomic E-state index is 0.679. The Kier molecular flexibility index (Phi) is 3.19. The molecular formula is C14H17N3S. The Morgan fingerprint density at radius 1 is 1.28 bits per heavy atom. The van der Waals surface area contributed by atoms with Crippen LogP contribution in [-0.4, -0.2) is 4.98 Å². The number of rotatable bonds is 3. The van der Waals surface area contributed by atoms with Gasteiger partial charge in [0.25, 0.3) is 0 Å². The van der Waals surface area contributed by atoms with Crippen LogP contribution in [0.3, 0.4) is 0 Å². The third-order valence-electron chi connectivity index (χ3n) is 3.22. The predicted octanol–water partition coefficient (Wildman–Crippen LogP) is 3.92. The third-order valence-corrected chi connectivity index (χ3v) is 4.17. The Labute approximate surface area is 111 Å². The molecule has 94 valence electrons. The molecule has 0 radical (unpaired) electrons. The normalized spacial score (nSPS) is 19.6. The number of nitrogens with one attached hydrogen (secondary N) is 2. The summed E-state index contributed by atoms with van der Waals surface area (Å²) in [7, 11) is 0. The SMILES string of the molecule is C[C@H]1C=C(NNc2nc3ccccc3s2)CCC1. The monoisotopic (exact) mass is 259 g/mol. The second-order valence-corrected chi connectivity index (χ2v) is 5.83. The number of para-hydroxylation sites is 1. The van der Waals surface area contributed by atoms with Crippen molar-refractivity contribution in [3.63, 3.8) is 0 Å². The van der Waals surface area contributed by atoms with Gasteiger partial charge in [-0.3, -0.25) is 5.43 Å². The Morgan fingerprint density at radius 2 is 2.17 bits per heavy atom. The van der Waals surface area contributed by atoms with E-state index in [9.17, 15) is 0 Å². The molecule has 0 spiro atoms. The van der Waals surface area contributed by atoms with Crippen LogP contribution in [0.1, 0.15) is 26.2 Å². The van der Waals surface area contributed by atoms with E-state index in [1.54, 1.807) is 11.3 Å². The zero-order valence-corrected chi connectivity index (χ0v) is 11.3. The highest BCUT2D eigenvalue weighted by atomic mass is 32.1. The van der Waals surface area contributed by atoms with Crippen LogP contribution in [0.15, 0.2) is 36.0 Å². The molecule has 3 nitrogen and oxygen atoms in total. The first-order valence-corrected chi connectivity index (χ1v) is 7.21. The van der Waals surface area contributed by atoms with Crippen molar-refractivity contribution in [3.8, 4) is 0 Å². The maximum absolute atomic E-state index is 4.53. The zero-order valence-electron chi connectivity index (χ0n) is 10.4. The van der Waals surface area contributed by atoms with Crippen LogP contribution in [0.25, 0.3) is 10.2 Å². The van der Waals surface area contributed by atoms with Crippen molar-refractivity contribution in [2.45, 2.75) is 26.2 Å². The number of anilines is 1.